The Labute approximate surface area is 187 Å². The monoisotopic (exact) mass is 497 g/mol. The first kappa shape index (κ1) is 22.9. The quantitative estimate of drug-likeness (QED) is 0.301. The van der Waals surface area contributed by atoms with Gasteiger partial charge in [-0.15, -0.1) is 0 Å². The topological polar surface area (TPSA) is 79.8 Å². The van der Waals surface area contributed by atoms with E-state index in [1.165, 1.54) is 18.3 Å². The molecule has 0 aliphatic rings. The van der Waals surface area contributed by atoms with Crippen LogP contribution in [-0.2, 0) is 4.79 Å². The van der Waals surface area contributed by atoms with Crippen LogP contribution < -0.4 is 15.5 Å². The van der Waals surface area contributed by atoms with E-state index in [9.17, 15) is 9.59 Å². The fourth-order valence-electron chi connectivity index (χ4n) is 2.13. The fraction of sp³-hybridized carbons (Fsp3) is 0.150. The van der Waals surface area contributed by atoms with E-state index < -0.39 is 0 Å². The molecule has 0 aromatic heterocycles. The molecule has 9 heteroatoms. The Kier molecular flexibility index (Phi) is 9.18. The van der Waals surface area contributed by atoms with Gasteiger partial charge < -0.3 is 10.1 Å². The number of ether oxygens (including phenoxy) is 1. The maximum absolute atomic E-state index is 12.0. The van der Waals surface area contributed by atoms with Crippen LogP contribution >= 0.6 is 39.1 Å². The number of nitrogens with zero attached hydrogens (tertiary/aromatic N) is 1. The molecule has 0 aliphatic carbocycles. The molecule has 0 radical (unpaired) electrons. The van der Waals surface area contributed by atoms with Crippen LogP contribution in [0.25, 0.3) is 0 Å². The summed E-state index contributed by atoms with van der Waals surface area (Å²) in [5.41, 5.74) is 3.55. The van der Waals surface area contributed by atoms with E-state index in [4.69, 9.17) is 27.9 Å². The van der Waals surface area contributed by atoms with Gasteiger partial charge >= 0.3 is 0 Å². The fourth-order valence-corrected chi connectivity index (χ4v) is 2.94. The van der Waals surface area contributed by atoms with Crippen molar-refractivity contribution in [2.75, 3.05) is 13.2 Å². The molecule has 29 heavy (non-hydrogen) atoms. The average molecular weight is 499 g/mol. The highest BCUT2D eigenvalue weighted by atomic mass is 79.9. The first-order chi connectivity index (χ1) is 13.9. The van der Waals surface area contributed by atoms with Crippen molar-refractivity contribution in [3.8, 4) is 5.75 Å². The van der Waals surface area contributed by atoms with Gasteiger partial charge in [-0.3, -0.25) is 9.59 Å². The Balaban J connectivity index is 1.76. The van der Waals surface area contributed by atoms with E-state index in [-0.39, 0.29) is 24.8 Å². The second kappa shape index (κ2) is 11.6. The van der Waals surface area contributed by atoms with Crippen LogP contribution in [0.3, 0.4) is 0 Å². The van der Waals surface area contributed by atoms with E-state index in [1.807, 2.05) is 6.07 Å². The standard InChI is InChI=1S/C20H18BrCl2N3O3/c1-2-9-29-18-6-3-13(10-15(18)21)12-25-26-19(27)7-8-24-20(28)14-4-5-16(22)17(23)11-14/h2-6,10-12H,1,7-9H2,(H,24,28)(H,26,27). The highest BCUT2D eigenvalue weighted by Crippen LogP contribution is 2.25. The van der Waals surface area contributed by atoms with Gasteiger partial charge in [0.2, 0.25) is 5.91 Å². The predicted molar refractivity (Wildman–Crippen MR) is 119 cm³/mol. The molecule has 0 bridgehead atoms. The van der Waals surface area contributed by atoms with Crippen molar-refractivity contribution in [2.45, 2.75) is 6.42 Å². The predicted octanol–water partition coefficient (Wildman–Crippen LogP) is 4.59. The molecule has 2 aromatic carbocycles. The molecule has 2 aromatic rings. The number of nitrogens with one attached hydrogen (secondary N) is 2. The van der Waals surface area contributed by atoms with E-state index in [0.29, 0.717) is 28.0 Å². The van der Waals surface area contributed by atoms with E-state index in [1.54, 1.807) is 24.3 Å². The van der Waals surface area contributed by atoms with Gasteiger partial charge in [0.05, 0.1) is 20.7 Å². The Morgan fingerprint density at radius 1 is 1.17 bits per heavy atom. The minimum Gasteiger partial charge on any atom is -0.488 e. The molecule has 0 spiro atoms. The van der Waals surface area contributed by atoms with Crippen LogP contribution in [0.15, 0.2) is 58.6 Å². The van der Waals surface area contributed by atoms with Crippen molar-refractivity contribution in [3.63, 3.8) is 0 Å². The lowest BCUT2D eigenvalue weighted by molar-refractivity contribution is -0.120. The average Bonchev–Trinajstić information content (AvgIpc) is 2.69. The highest BCUT2D eigenvalue weighted by Gasteiger charge is 2.08. The highest BCUT2D eigenvalue weighted by molar-refractivity contribution is 9.10. The molecule has 0 fully saturated rings. The third-order valence-corrected chi connectivity index (χ3v) is 4.89. The van der Waals surface area contributed by atoms with Crippen LogP contribution in [0.1, 0.15) is 22.3 Å². The van der Waals surface area contributed by atoms with Crippen molar-refractivity contribution >= 4 is 57.2 Å². The molecule has 2 amide bonds. The molecule has 152 valence electrons. The molecule has 6 nitrogen and oxygen atoms in total. The lowest BCUT2D eigenvalue weighted by Crippen LogP contribution is -2.29. The maximum Gasteiger partial charge on any atom is 0.251 e. The first-order valence-corrected chi connectivity index (χ1v) is 10.0. The number of hydrazone groups is 1. The lowest BCUT2D eigenvalue weighted by atomic mass is 10.2. The van der Waals surface area contributed by atoms with Crippen LogP contribution in [0.2, 0.25) is 10.0 Å². The molecule has 0 aliphatic heterocycles. The van der Waals surface area contributed by atoms with Crippen LogP contribution in [-0.4, -0.2) is 31.2 Å². The van der Waals surface area contributed by atoms with Crippen molar-refractivity contribution in [3.05, 3.63) is 74.7 Å². The van der Waals surface area contributed by atoms with Gasteiger partial charge in [-0.2, -0.15) is 5.10 Å². The molecule has 0 heterocycles. The van der Waals surface area contributed by atoms with Gasteiger partial charge in [-0.25, -0.2) is 5.43 Å². The third kappa shape index (κ3) is 7.53. The van der Waals surface area contributed by atoms with Gasteiger partial charge in [0, 0.05) is 18.5 Å². The Hall–Kier alpha value is -2.35. The van der Waals surface area contributed by atoms with Gasteiger partial charge in [-0.1, -0.05) is 35.9 Å². The lowest BCUT2D eigenvalue weighted by Gasteiger charge is -2.06. The Morgan fingerprint density at radius 2 is 1.97 bits per heavy atom. The second-order valence-electron chi connectivity index (χ2n) is 5.72. The number of amides is 2. The summed E-state index contributed by atoms with van der Waals surface area (Å²) in [7, 11) is 0. The van der Waals surface area contributed by atoms with Crippen LogP contribution in [0.4, 0.5) is 0 Å². The van der Waals surface area contributed by atoms with Crippen LogP contribution in [0.5, 0.6) is 5.75 Å². The summed E-state index contributed by atoms with van der Waals surface area (Å²) in [5.74, 6) is 0.00738. The number of hydrogen-bond donors (Lipinski definition) is 2. The largest absolute Gasteiger partial charge is 0.488 e. The number of rotatable bonds is 9. The second-order valence-corrected chi connectivity index (χ2v) is 7.39. The Morgan fingerprint density at radius 3 is 2.66 bits per heavy atom. The molecule has 0 unspecified atom stereocenters. The summed E-state index contributed by atoms with van der Waals surface area (Å²) >= 11 is 15.1. The summed E-state index contributed by atoms with van der Waals surface area (Å²) in [6.07, 6.45) is 3.24. The summed E-state index contributed by atoms with van der Waals surface area (Å²) in [6, 6.07) is 9.96. The van der Waals surface area contributed by atoms with Crippen molar-refractivity contribution in [2.24, 2.45) is 5.10 Å². The molecule has 0 saturated carbocycles. The molecule has 0 saturated heterocycles. The maximum atomic E-state index is 12.0. The van der Waals surface area contributed by atoms with E-state index in [2.05, 4.69) is 38.4 Å². The smallest absolute Gasteiger partial charge is 0.251 e. The molecule has 0 atom stereocenters. The Bertz CT molecular complexity index is 935. The van der Waals surface area contributed by atoms with E-state index in [0.717, 1.165) is 10.0 Å². The number of hydrogen-bond acceptors (Lipinski definition) is 4. The van der Waals surface area contributed by atoms with Crippen molar-refractivity contribution in [1.82, 2.24) is 10.7 Å². The number of benzene rings is 2. The van der Waals surface area contributed by atoms with Gasteiger partial charge in [-0.05, 0) is 57.9 Å². The summed E-state index contributed by atoms with van der Waals surface area (Å²) < 4.78 is 6.23. The van der Waals surface area contributed by atoms with Gasteiger partial charge in [0.1, 0.15) is 12.4 Å². The molecular formula is C20H18BrCl2N3O3. The third-order valence-electron chi connectivity index (χ3n) is 3.53. The molecular weight excluding hydrogens is 481 g/mol. The number of halogens is 3. The number of carbonyl (C=O) groups is 2. The number of carbonyl (C=O) groups excluding carboxylic acids is 2. The minimum atomic E-state index is -0.344. The van der Waals surface area contributed by atoms with Crippen molar-refractivity contribution in [1.29, 1.82) is 0 Å². The minimum absolute atomic E-state index is 0.0719. The van der Waals surface area contributed by atoms with Crippen molar-refractivity contribution < 1.29 is 14.3 Å². The first-order valence-electron chi connectivity index (χ1n) is 8.49. The summed E-state index contributed by atoms with van der Waals surface area (Å²) in [5, 5.41) is 7.20. The van der Waals surface area contributed by atoms with Crippen LogP contribution in [0, 0.1) is 0 Å². The summed E-state index contributed by atoms with van der Waals surface area (Å²) in [6.45, 7) is 4.16. The zero-order valence-corrected chi connectivity index (χ0v) is 18.4. The zero-order chi connectivity index (χ0) is 21.2. The van der Waals surface area contributed by atoms with Gasteiger partial charge in [0.25, 0.3) is 5.91 Å². The van der Waals surface area contributed by atoms with E-state index >= 15 is 0 Å². The van der Waals surface area contributed by atoms with Gasteiger partial charge in [0.15, 0.2) is 0 Å². The SMILES string of the molecule is C=CCOc1ccc(C=NNC(=O)CCNC(=O)c2ccc(Cl)c(Cl)c2)cc1Br. The summed E-state index contributed by atoms with van der Waals surface area (Å²) in [4.78, 5) is 23.9. The molecule has 2 N–H and O–H groups in total. The zero-order valence-electron chi connectivity index (χ0n) is 15.3. The normalized spacial score (nSPS) is 10.6. The molecule has 2 rings (SSSR count).